The lowest BCUT2D eigenvalue weighted by molar-refractivity contribution is -0.111. The molecule has 0 atom stereocenters. The number of aromatic carboxylic acids is 1. The van der Waals surface area contributed by atoms with Gasteiger partial charge in [-0.25, -0.2) is 4.79 Å². The number of ether oxygens (including phenoxy) is 3. The molecule has 3 aromatic carbocycles. The maximum atomic E-state index is 12.4. The van der Waals surface area contributed by atoms with E-state index >= 15 is 0 Å². The lowest BCUT2D eigenvalue weighted by Gasteiger charge is -2.12. The number of carbonyl (C=O) groups excluding carboxylic acids is 1. The van der Waals surface area contributed by atoms with Gasteiger partial charge in [0.2, 0.25) is 5.91 Å². The Bertz CT molecular complexity index is 1220. The molecule has 3 rings (SSSR count). The predicted octanol–water partition coefficient (Wildman–Crippen LogP) is 5.94. The van der Waals surface area contributed by atoms with E-state index in [0.29, 0.717) is 28.7 Å². The molecule has 0 saturated heterocycles. The van der Waals surface area contributed by atoms with Crippen LogP contribution in [-0.2, 0) is 11.4 Å². The Kier molecular flexibility index (Phi) is 8.40. The van der Waals surface area contributed by atoms with E-state index < -0.39 is 11.9 Å². The van der Waals surface area contributed by atoms with Crippen molar-refractivity contribution in [2.75, 3.05) is 19.5 Å². The van der Waals surface area contributed by atoms with Crippen molar-refractivity contribution < 1.29 is 28.9 Å². The van der Waals surface area contributed by atoms with Gasteiger partial charge in [0, 0.05) is 17.2 Å². The Morgan fingerprint density at radius 2 is 1.65 bits per heavy atom. The molecule has 0 fully saturated rings. The zero-order valence-electron chi connectivity index (χ0n) is 18.3. The number of carboxylic acids is 1. The molecule has 0 radical (unpaired) electrons. The van der Waals surface area contributed by atoms with Crippen molar-refractivity contribution in [3.05, 3.63) is 87.4 Å². The van der Waals surface area contributed by atoms with Crippen molar-refractivity contribution in [2.45, 2.75) is 6.61 Å². The average molecular weight is 502 g/mol. The molecule has 0 aliphatic rings. The van der Waals surface area contributed by atoms with Gasteiger partial charge in [-0.3, -0.25) is 4.79 Å². The van der Waals surface area contributed by atoms with Crippen LogP contribution < -0.4 is 19.5 Å². The summed E-state index contributed by atoms with van der Waals surface area (Å²) < 4.78 is 16.3. The zero-order chi connectivity index (χ0) is 24.7. The van der Waals surface area contributed by atoms with Gasteiger partial charge in [-0.05, 0) is 47.5 Å². The fourth-order valence-corrected chi connectivity index (χ4v) is 3.32. The summed E-state index contributed by atoms with van der Waals surface area (Å²) in [6, 6.07) is 15.2. The molecule has 7 nitrogen and oxygen atoms in total. The van der Waals surface area contributed by atoms with Crippen LogP contribution in [0, 0.1) is 0 Å². The lowest BCUT2D eigenvalue weighted by Crippen LogP contribution is -2.09. The van der Waals surface area contributed by atoms with Crippen molar-refractivity contribution in [3.8, 4) is 17.2 Å². The van der Waals surface area contributed by atoms with Crippen molar-refractivity contribution >= 4 is 46.8 Å². The molecule has 0 spiro atoms. The van der Waals surface area contributed by atoms with Crippen LogP contribution in [0.15, 0.2) is 60.7 Å². The molecule has 0 aromatic heterocycles. The summed E-state index contributed by atoms with van der Waals surface area (Å²) in [5.74, 6) is -0.514. The van der Waals surface area contributed by atoms with Crippen LogP contribution in [-0.4, -0.2) is 31.2 Å². The Morgan fingerprint density at radius 3 is 2.29 bits per heavy atom. The second-order valence-corrected chi connectivity index (χ2v) is 7.83. The number of nitrogens with one attached hydrogen (secondary N) is 1. The molecular weight excluding hydrogens is 481 g/mol. The van der Waals surface area contributed by atoms with Crippen LogP contribution in [0.5, 0.6) is 17.2 Å². The number of hydrogen-bond acceptors (Lipinski definition) is 5. The second kappa shape index (κ2) is 11.4. The Morgan fingerprint density at radius 1 is 0.941 bits per heavy atom. The van der Waals surface area contributed by atoms with E-state index in [1.165, 1.54) is 32.4 Å². The standard InChI is InChI=1S/C25H21Cl2NO6/c1-32-22-13-20(19(27)12-18(22)25(30)31)28-24(29)10-6-15-5-9-21(23(11-15)33-2)34-14-16-3-7-17(26)8-4-16/h3-13H,14H2,1-2H3,(H,28,29)(H,30,31)/b10-6+. The van der Waals surface area contributed by atoms with Crippen LogP contribution >= 0.6 is 23.2 Å². The SMILES string of the molecule is COc1cc(/C=C/C(=O)Nc2cc(OC)c(C(=O)O)cc2Cl)ccc1OCc1ccc(Cl)cc1. The number of hydrogen-bond donors (Lipinski definition) is 2. The van der Waals surface area contributed by atoms with Gasteiger partial charge in [-0.1, -0.05) is 41.4 Å². The molecule has 0 aliphatic heterocycles. The van der Waals surface area contributed by atoms with Gasteiger partial charge in [0.25, 0.3) is 0 Å². The highest BCUT2D eigenvalue weighted by Gasteiger charge is 2.15. The van der Waals surface area contributed by atoms with Gasteiger partial charge < -0.3 is 24.6 Å². The summed E-state index contributed by atoms with van der Waals surface area (Å²) in [6.07, 6.45) is 2.91. The number of amides is 1. The zero-order valence-corrected chi connectivity index (χ0v) is 19.8. The van der Waals surface area contributed by atoms with Crippen LogP contribution in [0.25, 0.3) is 6.08 Å². The Hall–Kier alpha value is -3.68. The van der Waals surface area contributed by atoms with Crippen molar-refractivity contribution in [2.24, 2.45) is 0 Å². The van der Waals surface area contributed by atoms with Crippen molar-refractivity contribution in [1.29, 1.82) is 0 Å². The van der Waals surface area contributed by atoms with Gasteiger partial charge in [-0.15, -0.1) is 0 Å². The van der Waals surface area contributed by atoms with Gasteiger partial charge in [0.1, 0.15) is 17.9 Å². The number of methoxy groups -OCH3 is 2. The molecule has 0 unspecified atom stereocenters. The molecule has 1 amide bonds. The minimum atomic E-state index is -1.19. The second-order valence-electron chi connectivity index (χ2n) is 6.99. The largest absolute Gasteiger partial charge is 0.496 e. The number of rotatable bonds is 9. The molecule has 2 N–H and O–H groups in total. The predicted molar refractivity (Wildman–Crippen MR) is 131 cm³/mol. The molecule has 0 aliphatic carbocycles. The summed E-state index contributed by atoms with van der Waals surface area (Å²) in [5, 5.41) is 12.5. The fourth-order valence-electron chi connectivity index (χ4n) is 2.98. The molecule has 176 valence electrons. The highest BCUT2D eigenvalue weighted by molar-refractivity contribution is 6.34. The third-order valence-electron chi connectivity index (χ3n) is 4.70. The first-order chi connectivity index (χ1) is 16.3. The van der Waals surface area contributed by atoms with E-state index in [1.807, 2.05) is 12.1 Å². The first kappa shape index (κ1) is 25.0. The molecule has 3 aromatic rings. The number of benzene rings is 3. The summed E-state index contributed by atoms with van der Waals surface area (Å²) in [6.45, 7) is 0.343. The number of carboxylic acid groups (broad SMARTS) is 1. The number of halogens is 2. The normalized spacial score (nSPS) is 10.7. The maximum absolute atomic E-state index is 12.4. The first-order valence-corrected chi connectivity index (χ1v) is 10.7. The van der Waals surface area contributed by atoms with E-state index in [4.69, 9.17) is 37.4 Å². The van der Waals surface area contributed by atoms with Crippen LogP contribution in [0.2, 0.25) is 10.0 Å². The average Bonchev–Trinajstić information content (AvgIpc) is 2.83. The van der Waals surface area contributed by atoms with E-state index in [2.05, 4.69) is 5.32 Å². The van der Waals surface area contributed by atoms with Gasteiger partial charge in [-0.2, -0.15) is 0 Å². The molecule has 0 saturated carbocycles. The molecular formula is C25H21Cl2NO6. The Balaban J connectivity index is 1.68. The van der Waals surface area contributed by atoms with Crippen molar-refractivity contribution in [3.63, 3.8) is 0 Å². The maximum Gasteiger partial charge on any atom is 0.339 e. The topological polar surface area (TPSA) is 94.1 Å². The van der Waals surface area contributed by atoms with Crippen LogP contribution in [0.1, 0.15) is 21.5 Å². The monoisotopic (exact) mass is 501 g/mol. The minimum Gasteiger partial charge on any atom is -0.496 e. The summed E-state index contributed by atoms with van der Waals surface area (Å²) in [7, 11) is 2.86. The van der Waals surface area contributed by atoms with Gasteiger partial charge in [0.15, 0.2) is 11.5 Å². The summed E-state index contributed by atoms with van der Waals surface area (Å²) in [4.78, 5) is 23.6. The van der Waals surface area contributed by atoms with E-state index in [1.54, 1.807) is 36.4 Å². The van der Waals surface area contributed by atoms with Gasteiger partial charge in [0.05, 0.1) is 24.9 Å². The van der Waals surface area contributed by atoms with Crippen LogP contribution in [0.4, 0.5) is 5.69 Å². The molecule has 0 heterocycles. The van der Waals surface area contributed by atoms with Gasteiger partial charge >= 0.3 is 5.97 Å². The van der Waals surface area contributed by atoms with E-state index in [0.717, 1.165) is 5.56 Å². The lowest BCUT2D eigenvalue weighted by atomic mass is 10.1. The number of anilines is 1. The molecule has 9 heteroatoms. The third-order valence-corrected chi connectivity index (χ3v) is 5.26. The van der Waals surface area contributed by atoms with E-state index in [-0.39, 0.29) is 22.0 Å². The fraction of sp³-hybridized carbons (Fsp3) is 0.120. The number of carbonyl (C=O) groups is 2. The summed E-state index contributed by atoms with van der Waals surface area (Å²) >= 11 is 12.0. The smallest absolute Gasteiger partial charge is 0.339 e. The third kappa shape index (κ3) is 6.43. The first-order valence-electron chi connectivity index (χ1n) is 9.96. The van der Waals surface area contributed by atoms with Crippen molar-refractivity contribution in [1.82, 2.24) is 0 Å². The van der Waals surface area contributed by atoms with E-state index in [9.17, 15) is 14.7 Å². The molecule has 0 bridgehead atoms. The highest BCUT2D eigenvalue weighted by Crippen LogP contribution is 2.32. The minimum absolute atomic E-state index is 0.0730. The highest BCUT2D eigenvalue weighted by atomic mass is 35.5. The quantitative estimate of drug-likeness (QED) is 0.352. The summed E-state index contributed by atoms with van der Waals surface area (Å²) in [5.41, 5.74) is 1.78. The van der Waals surface area contributed by atoms with Crippen LogP contribution in [0.3, 0.4) is 0 Å². The molecule has 34 heavy (non-hydrogen) atoms. The Labute approximate surface area is 206 Å².